The number of benzene rings is 3. The topological polar surface area (TPSA) is 98.2 Å². The van der Waals surface area contributed by atoms with Gasteiger partial charge in [0.1, 0.15) is 11.3 Å². The number of halogens is 1. The number of nitrogens with one attached hydrogen (secondary N) is 2. The highest BCUT2D eigenvalue weighted by Crippen LogP contribution is 2.25. The first-order chi connectivity index (χ1) is 22.6. The van der Waals surface area contributed by atoms with Gasteiger partial charge in [-0.05, 0) is 69.4 Å². The number of hydrogen-bond donors (Lipinski definition) is 2. The Morgan fingerprint density at radius 3 is 2.40 bits per heavy atom. The molecule has 2 aliphatic rings. The van der Waals surface area contributed by atoms with E-state index in [2.05, 4.69) is 10.3 Å². The minimum atomic E-state index is -0.514. The first-order valence-electron chi connectivity index (χ1n) is 16.2. The van der Waals surface area contributed by atoms with Crippen LogP contribution >= 0.6 is 0 Å². The van der Waals surface area contributed by atoms with Crippen molar-refractivity contribution in [1.29, 1.82) is 0 Å². The smallest absolute Gasteiger partial charge is 0.407 e. The number of ether oxygens (including phenoxy) is 2. The third kappa shape index (κ3) is 9.31. The maximum Gasteiger partial charge on any atom is 0.407 e. The van der Waals surface area contributed by atoms with Gasteiger partial charge in [0.2, 0.25) is 0 Å². The maximum atomic E-state index is 15.0. The van der Waals surface area contributed by atoms with Gasteiger partial charge in [-0.3, -0.25) is 9.36 Å². The average Bonchev–Trinajstić information content (AvgIpc) is 3.34. The Balaban J connectivity index is 1.21. The largest absolute Gasteiger partial charge is 0.491 e. The zero-order valence-electron chi connectivity index (χ0n) is 27.6. The van der Waals surface area contributed by atoms with Crippen LogP contribution < -0.4 is 15.6 Å². The van der Waals surface area contributed by atoms with Crippen molar-refractivity contribution in [3.8, 4) is 22.8 Å². The quantitative estimate of drug-likeness (QED) is 0.129. The lowest BCUT2D eigenvalue weighted by molar-refractivity contribution is 0.0527. The Hall–Kier alpha value is -4.92. The van der Waals surface area contributed by atoms with Crippen LogP contribution in [0.1, 0.15) is 74.5 Å². The summed E-state index contributed by atoms with van der Waals surface area (Å²) in [5, 5.41) is 2.75. The molecule has 5 rings (SSSR count). The molecule has 0 aliphatic carbocycles. The molecule has 2 N–H and O–H groups in total. The van der Waals surface area contributed by atoms with Crippen LogP contribution in [0.15, 0.2) is 83.8 Å². The SMILES string of the molecule is Cc1ccc(-c2cn3c(=O)c(Cc4ccc(OCCCCCCNC(=O)OC(C)(C)C)c(F)c4)nc-3c(Cc3ccccc3)[nH]2)cc1. The molecule has 0 saturated heterocycles. The number of rotatable bonds is 13. The number of aromatic amines is 1. The molecule has 0 atom stereocenters. The standard InChI is InChI=1S/C38H43FN4O4/c1-26-14-17-29(18-15-26)33-25-43-35(31(41-33)23-27-12-8-7-9-13-27)42-32(36(43)44)24-28-16-19-34(30(39)22-28)46-21-11-6-5-10-20-40-37(45)47-38(2,3)4/h7-9,12-19,22,25,41H,5-6,10-11,20-21,23-24H2,1-4H3,(H,40,45). The van der Waals surface area contributed by atoms with Gasteiger partial charge >= 0.3 is 6.09 Å². The Labute approximate surface area is 275 Å². The molecule has 2 heterocycles. The second-order valence-corrected chi connectivity index (χ2v) is 12.9. The first-order valence-corrected chi connectivity index (χ1v) is 16.2. The number of carbonyl (C=O) groups excluding carboxylic acids is 1. The number of alkyl carbamates (subject to hydrolysis) is 1. The number of hydrogen-bond acceptors (Lipinski definition) is 5. The number of aromatic nitrogens is 3. The molecule has 47 heavy (non-hydrogen) atoms. The minimum Gasteiger partial charge on any atom is -0.491 e. The second-order valence-electron chi connectivity index (χ2n) is 12.9. The Bertz CT molecular complexity index is 1810. The zero-order chi connectivity index (χ0) is 33.4. The van der Waals surface area contributed by atoms with Crippen molar-refractivity contribution in [3.05, 3.63) is 123 Å². The van der Waals surface area contributed by atoms with E-state index in [1.165, 1.54) is 6.07 Å². The predicted molar refractivity (Wildman–Crippen MR) is 182 cm³/mol. The lowest BCUT2D eigenvalue weighted by Crippen LogP contribution is -2.32. The molecule has 246 valence electrons. The number of aryl methyl sites for hydroxylation is 1. The van der Waals surface area contributed by atoms with E-state index < -0.39 is 17.5 Å². The van der Waals surface area contributed by atoms with Gasteiger partial charge in [-0.15, -0.1) is 0 Å². The molecule has 0 unspecified atom stereocenters. The molecule has 0 fully saturated rings. The lowest BCUT2D eigenvalue weighted by Gasteiger charge is -2.19. The van der Waals surface area contributed by atoms with Crippen molar-refractivity contribution in [2.24, 2.45) is 0 Å². The van der Waals surface area contributed by atoms with Crippen LogP contribution in [0.25, 0.3) is 17.1 Å². The van der Waals surface area contributed by atoms with Crippen molar-refractivity contribution >= 4 is 6.09 Å². The fraction of sp³-hybridized carbons (Fsp3) is 0.342. The van der Waals surface area contributed by atoms with E-state index in [0.29, 0.717) is 36.6 Å². The first kappa shape index (κ1) is 33.4. The summed E-state index contributed by atoms with van der Waals surface area (Å²) in [7, 11) is 0. The molecule has 9 heteroatoms. The number of unbranched alkanes of at least 4 members (excludes halogenated alkanes) is 3. The van der Waals surface area contributed by atoms with E-state index in [4.69, 9.17) is 14.5 Å². The monoisotopic (exact) mass is 638 g/mol. The van der Waals surface area contributed by atoms with Gasteiger partial charge in [-0.25, -0.2) is 14.2 Å². The van der Waals surface area contributed by atoms with Gasteiger partial charge in [0.25, 0.3) is 5.56 Å². The average molecular weight is 639 g/mol. The van der Waals surface area contributed by atoms with E-state index in [9.17, 15) is 9.59 Å². The van der Waals surface area contributed by atoms with Gasteiger partial charge in [0.05, 0.1) is 18.0 Å². The van der Waals surface area contributed by atoms with E-state index >= 15 is 4.39 Å². The van der Waals surface area contributed by atoms with Crippen molar-refractivity contribution in [2.75, 3.05) is 13.2 Å². The van der Waals surface area contributed by atoms with E-state index in [1.54, 1.807) is 22.9 Å². The second kappa shape index (κ2) is 15.1. The highest BCUT2D eigenvalue weighted by Gasteiger charge is 2.21. The molecule has 0 radical (unpaired) electrons. The molecular weight excluding hydrogens is 595 g/mol. The van der Waals surface area contributed by atoms with Gasteiger partial charge in [-0.2, -0.15) is 0 Å². The number of imidazole rings is 1. The summed E-state index contributed by atoms with van der Waals surface area (Å²) < 4.78 is 27.5. The van der Waals surface area contributed by atoms with Gasteiger partial charge in [0, 0.05) is 25.6 Å². The molecule has 2 aliphatic heterocycles. The highest BCUT2D eigenvalue weighted by atomic mass is 19.1. The molecule has 1 amide bonds. The number of carbonyl (C=O) groups is 1. The molecule has 0 saturated carbocycles. The van der Waals surface area contributed by atoms with E-state index in [-0.39, 0.29) is 17.7 Å². The van der Waals surface area contributed by atoms with Gasteiger partial charge in [-0.1, -0.05) is 79.1 Å². The number of amides is 1. The van der Waals surface area contributed by atoms with E-state index in [0.717, 1.165) is 53.8 Å². The Morgan fingerprint density at radius 1 is 0.936 bits per heavy atom. The van der Waals surface area contributed by atoms with Crippen LogP contribution in [0, 0.1) is 12.7 Å². The summed E-state index contributed by atoms with van der Waals surface area (Å²) in [5.74, 6) is 0.269. The number of nitrogens with zero attached hydrogens (tertiary/aromatic N) is 2. The van der Waals surface area contributed by atoms with Crippen molar-refractivity contribution in [2.45, 2.75) is 71.8 Å². The Morgan fingerprint density at radius 2 is 1.68 bits per heavy atom. The molecule has 3 aromatic carbocycles. The molecule has 0 bridgehead atoms. The molecule has 8 nitrogen and oxygen atoms in total. The minimum absolute atomic E-state index is 0.181. The third-order valence-electron chi connectivity index (χ3n) is 7.70. The number of H-pyrrole nitrogens is 1. The highest BCUT2D eigenvalue weighted by molar-refractivity contribution is 5.67. The van der Waals surface area contributed by atoms with Crippen LogP contribution in [0.5, 0.6) is 5.75 Å². The lowest BCUT2D eigenvalue weighted by atomic mass is 10.1. The van der Waals surface area contributed by atoms with E-state index in [1.807, 2.05) is 82.3 Å². The zero-order valence-corrected chi connectivity index (χ0v) is 27.6. The molecule has 0 aromatic heterocycles. The summed E-state index contributed by atoms with van der Waals surface area (Å²) in [6, 6.07) is 23.0. The predicted octanol–water partition coefficient (Wildman–Crippen LogP) is 7.76. The Kier molecular flexibility index (Phi) is 10.8. The normalized spacial score (nSPS) is 11.5. The van der Waals surface area contributed by atoms with Crippen molar-refractivity contribution < 1.29 is 18.7 Å². The summed E-state index contributed by atoms with van der Waals surface area (Å²) in [6.07, 6.45) is 5.55. The molecule has 3 aromatic rings. The molecular formula is C38H43FN4O4. The molecule has 0 spiro atoms. The van der Waals surface area contributed by atoms with Crippen LogP contribution in [0.2, 0.25) is 0 Å². The van der Waals surface area contributed by atoms with Crippen LogP contribution in [0.4, 0.5) is 9.18 Å². The fourth-order valence-corrected chi connectivity index (χ4v) is 5.33. The van der Waals surface area contributed by atoms with Crippen LogP contribution in [-0.4, -0.2) is 39.4 Å². The van der Waals surface area contributed by atoms with Crippen molar-refractivity contribution in [1.82, 2.24) is 19.9 Å². The number of fused-ring (bicyclic) bond motifs is 1. The summed E-state index contributed by atoms with van der Waals surface area (Å²) in [5.41, 5.74) is 5.10. The third-order valence-corrected chi connectivity index (χ3v) is 7.70. The summed E-state index contributed by atoms with van der Waals surface area (Å²) >= 11 is 0. The fourth-order valence-electron chi connectivity index (χ4n) is 5.33. The van der Waals surface area contributed by atoms with Gasteiger partial charge in [0.15, 0.2) is 17.4 Å². The van der Waals surface area contributed by atoms with Crippen LogP contribution in [0.3, 0.4) is 0 Å². The van der Waals surface area contributed by atoms with Crippen LogP contribution in [-0.2, 0) is 17.6 Å². The van der Waals surface area contributed by atoms with Gasteiger partial charge < -0.3 is 19.8 Å². The maximum absolute atomic E-state index is 15.0. The summed E-state index contributed by atoms with van der Waals surface area (Å²) in [6.45, 7) is 8.46. The summed E-state index contributed by atoms with van der Waals surface area (Å²) in [4.78, 5) is 33.6. The van der Waals surface area contributed by atoms with Crippen molar-refractivity contribution in [3.63, 3.8) is 0 Å².